The van der Waals surface area contributed by atoms with E-state index in [2.05, 4.69) is 6.58 Å². The number of hydrogen-bond donors (Lipinski definition) is 0. The van der Waals surface area contributed by atoms with Crippen molar-refractivity contribution in [2.75, 3.05) is 0 Å². The smallest absolute Gasteiger partial charge is 0.125 e. The van der Waals surface area contributed by atoms with Crippen LogP contribution in [0.3, 0.4) is 0 Å². The molecular formula is C10H8FN. The highest BCUT2D eigenvalue weighted by Gasteiger charge is 1.99. The highest BCUT2D eigenvalue weighted by molar-refractivity contribution is 5.62. The van der Waals surface area contributed by atoms with Crippen molar-refractivity contribution in [2.45, 2.75) is 6.92 Å². The summed E-state index contributed by atoms with van der Waals surface area (Å²) in [5.74, 6) is -0.396. The van der Waals surface area contributed by atoms with Crippen molar-refractivity contribution in [1.82, 2.24) is 0 Å². The first kappa shape index (κ1) is 8.48. The van der Waals surface area contributed by atoms with E-state index in [-0.39, 0.29) is 0 Å². The second-order valence-corrected chi connectivity index (χ2v) is 2.62. The molecule has 12 heavy (non-hydrogen) atoms. The monoisotopic (exact) mass is 161 g/mol. The van der Waals surface area contributed by atoms with Crippen LogP contribution >= 0.6 is 0 Å². The molecule has 0 radical (unpaired) electrons. The van der Waals surface area contributed by atoms with Gasteiger partial charge in [0.25, 0.3) is 0 Å². The Morgan fingerprint density at radius 2 is 2.17 bits per heavy atom. The Labute approximate surface area is 70.8 Å². The molecule has 1 aromatic carbocycles. The van der Waals surface area contributed by atoms with Crippen molar-refractivity contribution in [2.24, 2.45) is 0 Å². The standard InChI is InChI=1S/C10H8FN/c1-7(2)9-3-8(6-12)4-10(11)5-9/h3-5H,1H2,2H3. The quantitative estimate of drug-likeness (QED) is 0.621. The predicted molar refractivity (Wildman–Crippen MR) is 45.8 cm³/mol. The molecule has 0 fully saturated rings. The number of benzene rings is 1. The fourth-order valence-electron chi connectivity index (χ4n) is 0.901. The van der Waals surface area contributed by atoms with Gasteiger partial charge in [-0.25, -0.2) is 4.39 Å². The van der Waals surface area contributed by atoms with Gasteiger partial charge >= 0.3 is 0 Å². The lowest BCUT2D eigenvalue weighted by Gasteiger charge is -1.99. The summed E-state index contributed by atoms with van der Waals surface area (Å²) in [4.78, 5) is 0. The van der Waals surface area contributed by atoms with Crippen molar-refractivity contribution in [3.05, 3.63) is 41.7 Å². The Balaban J connectivity index is 3.26. The number of nitrogens with zero attached hydrogens (tertiary/aromatic N) is 1. The van der Waals surface area contributed by atoms with E-state index in [0.29, 0.717) is 11.1 Å². The van der Waals surface area contributed by atoms with Gasteiger partial charge in [0.05, 0.1) is 11.6 Å². The van der Waals surface area contributed by atoms with Gasteiger partial charge in [0.15, 0.2) is 0 Å². The van der Waals surface area contributed by atoms with Gasteiger partial charge in [0, 0.05) is 0 Å². The van der Waals surface area contributed by atoms with Crippen LogP contribution in [-0.2, 0) is 0 Å². The normalized spacial score (nSPS) is 9.08. The zero-order valence-corrected chi connectivity index (χ0v) is 6.76. The summed E-state index contributed by atoms with van der Waals surface area (Å²) in [6.45, 7) is 5.44. The van der Waals surface area contributed by atoms with Crippen LogP contribution in [0.4, 0.5) is 4.39 Å². The minimum atomic E-state index is -0.396. The van der Waals surface area contributed by atoms with E-state index in [1.807, 2.05) is 6.07 Å². The van der Waals surface area contributed by atoms with Crippen LogP contribution in [-0.4, -0.2) is 0 Å². The molecule has 0 aliphatic rings. The second-order valence-electron chi connectivity index (χ2n) is 2.62. The lowest BCUT2D eigenvalue weighted by molar-refractivity contribution is 0.627. The summed E-state index contributed by atoms with van der Waals surface area (Å²) in [6, 6.07) is 6.06. The van der Waals surface area contributed by atoms with Crippen molar-refractivity contribution in [3.8, 4) is 6.07 Å². The lowest BCUT2D eigenvalue weighted by Crippen LogP contribution is -1.84. The molecular weight excluding hydrogens is 153 g/mol. The van der Waals surface area contributed by atoms with E-state index in [1.165, 1.54) is 12.1 Å². The van der Waals surface area contributed by atoms with Gasteiger partial charge in [-0.3, -0.25) is 0 Å². The number of halogens is 1. The van der Waals surface area contributed by atoms with Crippen LogP contribution in [0.2, 0.25) is 0 Å². The molecule has 1 rings (SSSR count). The molecule has 0 bridgehead atoms. The maximum Gasteiger partial charge on any atom is 0.125 e. The van der Waals surface area contributed by atoms with Gasteiger partial charge in [0.1, 0.15) is 5.82 Å². The highest BCUT2D eigenvalue weighted by atomic mass is 19.1. The molecule has 0 saturated heterocycles. The molecule has 2 heteroatoms. The van der Waals surface area contributed by atoms with E-state index < -0.39 is 5.82 Å². The van der Waals surface area contributed by atoms with E-state index >= 15 is 0 Å². The predicted octanol–water partition coefficient (Wildman–Crippen LogP) is 2.73. The minimum Gasteiger partial charge on any atom is -0.207 e. The number of rotatable bonds is 1. The first-order valence-corrected chi connectivity index (χ1v) is 3.50. The molecule has 1 nitrogen and oxygen atoms in total. The van der Waals surface area contributed by atoms with Gasteiger partial charge in [-0.2, -0.15) is 5.26 Å². The number of hydrogen-bond acceptors (Lipinski definition) is 1. The van der Waals surface area contributed by atoms with E-state index in [0.717, 1.165) is 5.57 Å². The molecule has 0 N–H and O–H groups in total. The third-order valence-corrected chi connectivity index (χ3v) is 1.52. The fraction of sp³-hybridized carbons (Fsp3) is 0.100. The highest BCUT2D eigenvalue weighted by Crippen LogP contribution is 2.15. The average Bonchev–Trinajstić information content (AvgIpc) is 2.03. The van der Waals surface area contributed by atoms with Gasteiger partial charge in [0.2, 0.25) is 0 Å². The van der Waals surface area contributed by atoms with Crippen LogP contribution in [0.25, 0.3) is 5.57 Å². The first-order chi connectivity index (χ1) is 5.63. The molecule has 0 aliphatic heterocycles. The van der Waals surface area contributed by atoms with Crippen molar-refractivity contribution in [3.63, 3.8) is 0 Å². The SMILES string of the molecule is C=C(C)c1cc(F)cc(C#N)c1. The Morgan fingerprint density at radius 1 is 1.50 bits per heavy atom. The van der Waals surface area contributed by atoms with Crippen molar-refractivity contribution in [1.29, 1.82) is 5.26 Å². The summed E-state index contributed by atoms with van der Waals surface area (Å²) < 4.78 is 12.8. The van der Waals surface area contributed by atoms with Crippen molar-refractivity contribution < 1.29 is 4.39 Å². The Bertz CT molecular complexity index is 361. The van der Waals surface area contributed by atoms with E-state index in [1.54, 1.807) is 13.0 Å². The first-order valence-electron chi connectivity index (χ1n) is 3.50. The molecule has 0 spiro atoms. The van der Waals surface area contributed by atoms with Gasteiger partial charge in [-0.05, 0) is 30.7 Å². The molecule has 60 valence electrons. The molecule has 0 aromatic heterocycles. The minimum absolute atomic E-state index is 0.327. The summed E-state index contributed by atoms with van der Waals surface area (Å²) in [7, 11) is 0. The van der Waals surface area contributed by atoms with Crippen LogP contribution in [0.15, 0.2) is 24.8 Å². The number of nitriles is 1. The summed E-state index contributed by atoms with van der Waals surface area (Å²) in [5.41, 5.74) is 1.76. The molecule has 1 aromatic rings. The average molecular weight is 161 g/mol. The Hall–Kier alpha value is -1.62. The van der Waals surface area contributed by atoms with Crippen molar-refractivity contribution >= 4 is 5.57 Å². The van der Waals surface area contributed by atoms with Gasteiger partial charge < -0.3 is 0 Å². The lowest BCUT2D eigenvalue weighted by atomic mass is 10.1. The maximum atomic E-state index is 12.8. The van der Waals surface area contributed by atoms with Crippen LogP contribution in [0.5, 0.6) is 0 Å². The fourth-order valence-corrected chi connectivity index (χ4v) is 0.901. The van der Waals surface area contributed by atoms with Crippen LogP contribution in [0.1, 0.15) is 18.1 Å². The number of allylic oxidation sites excluding steroid dienone is 1. The summed E-state index contributed by atoms with van der Waals surface area (Å²) in [5, 5.41) is 8.52. The molecule has 0 atom stereocenters. The third-order valence-electron chi connectivity index (χ3n) is 1.52. The zero-order chi connectivity index (χ0) is 9.14. The van der Waals surface area contributed by atoms with E-state index in [9.17, 15) is 4.39 Å². The van der Waals surface area contributed by atoms with Crippen LogP contribution < -0.4 is 0 Å². The second kappa shape index (κ2) is 3.19. The maximum absolute atomic E-state index is 12.8. The zero-order valence-electron chi connectivity index (χ0n) is 6.76. The Morgan fingerprint density at radius 3 is 2.67 bits per heavy atom. The molecule has 0 heterocycles. The van der Waals surface area contributed by atoms with E-state index in [4.69, 9.17) is 5.26 Å². The van der Waals surface area contributed by atoms with Crippen LogP contribution in [0, 0.1) is 17.1 Å². The topological polar surface area (TPSA) is 23.8 Å². The third kappa shape index (κ3) is 1.70. The summed E-state index contributed by atoms with van der Waals surface area (Å²) in [6.07, 6.45) is 0. The largest absolute Gasteiger partial charge is 0.207 e. The van der Waals surface area contributed by atoms with Gasteiger partial charge in [-0.15, -0.1) is 0 Å². The molecule has 0 amide bonds. The molecule has 0 saturated carbocycles. The Kier molecular flexibility index (Phi) is 2.25. The summed E-state index contributed by atoms with van der Waals surface area (Å²) >= 11 is 0. The van der Waals surface area contributed by atoms with Gasteiger partial charge in [-0.1, -0.05) is 12.2 Å². The molecule has 0 aliphatic carbocycles. The molecule has 0 unspecified atom stereocenters.